The third kappa shape index (κ3) is 1.81. The number of rotatable bonds is 3. The van der Waals surface area contributed by atoms with E-state index in [1.807, 2.05) is 14.0 Å². The van der Waals surface area contributed by atoms with Crippen LogP contribution < -0.4 is 0 Å². The fourth-order valence-corrected chi connectivity index (χ4v) is 1.67. The molecule has 2 aromatic heterocycles. The van der Waals surface area contributed by atoms with Crippen LogP contribution in [0.3, 0.4) is 0 Å². The van der Waals surface area contributed by atoms with Gasteiger partial charge in [-0.2, -0.15) is 10.2 Å². The minimum absolute atomic E-state index is 0.128. The molecule has 0 amide bonds. The SMILES string of the molecule is Cc1cnn(C)c1-c1cnn(CC(=O)O)c1. The smallest absolute Gasteiger partial charge is 0.325 e. The molecule has 2 rings (SSSR count). The minimum atomic E-state index is -0.906. The van der Waals surface area contributed by atoms with Crippen LogP contribution in [0.2, 0.25) is 0 Å². The number of hydrogen-bond acceptors (Lipinski definition) is 3. The molecule has 0 radical (unpaired) electrons. The van der Waals surface area contributed by atoms with Gasteiger partial charge >= 0.3 is 5.97 Å². The Kier molecular flexibility index (Phi) is 2.47. The number of aromatic nitrogens is 4. The zero-order valence-corrected chi connectivity index (χ0v) is 9.08. The third-order valence-electron chi connectivity index (χ3n) is 2.33. The summed E-state index contributed by atoms with van der Waals surface area (Å²) in [6.45, 7) is 1.83. The van der Waals surface area contributed by atoms with Gasteiger partial charge in [-0.05, 0) is 12.5 Å². The number of carboxylic acid groups (broad SMARTS) is 1. The molecule has 6 nitrogen and oxygen atoms in total. The Morgan fingerprint density at radius 2 is 2.19 bits per heavy atom. The van der Waals surface area contributed by atoms with Crippen molar-refractivity contribution in [3.63, 3.8) is 0 Å². The predicted molar refractivity (Wildman–Crippen MR) is 56.8 cm³/mol. The molecule has 0 aliphatic heterocycles. The van der Waals surface area contributed by atoms with Crippen molar-refractivity contribution in [3.8, 4) is 11.3 Å². The Morgan fingerprint density at radius 1 is 1.44 bits per heavy atom. The van der Waals surface area contributed by atoms with Gasteiger partial charge in [0.1, 0.15) is 6.54 Å². The second-order valence-electron chi connectivity index (χ2n) is 3.62. The van der Waals surface area contributed by atoms with E-state index in [0.29, 0.717) is 0 Å². The summed E-state index contributed by atoms with van der Waals surface area (Å²) in [6.07, 6.45) is 5.12. The van der Waals surface area contributed by atoms with Crippen LogP contribution in [0, 0.1) is 6.92 Å². The summed E-state index contributed by atoms with van der Waals surface area (Å²) < 4.78 is 3.14. The van der Waals surface area contributed by atoms with Crippen LogP contribution in [0.1, 0.15) is 5.56 Å². The van der Waals surface area contributed by atoms with Crippen LogP contribution in [0.5, 0.6) is 0 Å². The second-order valence-corrected chi connectivity index (χ2v) is 3.62. The van der Waals surface area contributed by atoms with Crippen molar-refractivity contribution in [3.05, 3.63) is 24.2 Å². The first-order chi connectivity index (χ1) is 7.58. The average molecular weight is 220 g/mol. The molecule has 0 saturated carbocycles. The molecule has 0 atom stereocenters. The molecule has 0 aliphatic carbocycles. The van der Waals surface area contributed by atoms with Crippen molar-refractivity contribution >= 4 is 5.97 Å². The van der Waals surface area contributed by atoms with E-state index >= 15 is 0 Å². The quantitative estimate of drug-likeness (QED) is 0.825. The van der Waals surface area contributed by atoms with E-state index in [0.717, 1.165) is 16.8 Å². The summed E-state index contributed by atoms with van der Waals surface area (Å²) in [5.41, 5.74) is 2.87. The maximum absolute atomic E-state index is 10.5. The van der Waals surface area contributed by atoms with Crippen molar-refractivity contribution in [1.29, 1.82) is 0 Å². The Labute approximate surface area is 92.1 Å². The van der Waals surface area contributed by atoms with E-state index in [4.69, 9.17) is 5.11 Å². The van der Waals surface area contributed by atoms with Gasteiger partial charge in [-0.25, -0.2) is 0 Å². The lowest BCUT2D eigenvalue weighted by atomic mass is 10.2. The Bertz CT molecular complexity index is 507. The van der Waals surface area contributed by atoms with E-state index < -0.39 is 5.97 Å². The van der Waals surface area contributed by atoms with Gasteiger partial charge in [0.25, 0.3) is 0 Å². The van der Waals surface area contributed by atoms with Crippen LogP contribution in [-0.2, 0) is 18.4 Å². The molecule has 2 heterocycles. The molecule has 0 saturated heterocycles. The molecular weight excluding hydrogens is 208 g/mol. The standard InChI is InChI=1S/C10H12N4O2/c1-7-3-11-13(2)10(7)8-4-12-14(5-8)6-9(15)16/h3-5H,6H2,1-2H3,(H,15,16). The predicted octanol–water partition coefficient (Wildman–Crippen LogP) is 0.677. The third-order valence-corrected chi connectivity index (χ3v) is 2.33. The summed E-state index contributed by atoms with van der Waals surface area (Å²) in [7, 11) is 1.84. The summed E-state index contributed by atoms with van der Waals surface area (Å²) in [6, 6.07) is 0. The van der Waals surface area contributed by atoms with Gasteiger partial charge in [-0.1, -0.05) is 0 Å². The van der Waals surface area contributed by atoms with Crippen LogP contribution in [0.4, 0.5) is 0 Å². The number of aliphatic carboxylic acids is 1. The van der Waals surface area contributed by atoms with Gasteiger partial charge in [0.15, 0.2) is 0 Å². The van der Waals surface area contributed by atoms with E-state index in [2.05, 4.69) is 10.2 Å². The average Bonchev–Trinajstić information content (AvgIpc) is 2.73. The van der Waals surface area contributed by atoms with Crippen LogP contribution in [0.15, 0.2) is 18.6 Å². The number of aryl methyl sites for hydroxylation is 2. The van der Waals surface area contributed by atoms with Crippen molar-refractivity contribution in [2.75, 3.05) is 0 Å². The molecule has 84 valence electrons. The first-order valence-electron chi connectivity index (χ1n) is 4.81. The molecule has 6 heteroatoms. The van der Waals surface area contributed by atoms with Crippen LogP contribution in [0.25, 0.3) is 11.3 Å². The van der Waals surface area contributed by atoms with Gasteiger partial charge in [-0.3, -0.25) is 14.2 Å². The molecule has 0 aromatic carbocycles. The number of hydrogen-bond donors (Lipinski definition) is 1. The maximum atomic E-state index is 10.5. The van der Waals surface area contributed by atoms with Crippen LogP contribution >= 0.6 is 0 Å². The largest absolute Gasteiger partial charge is 0.480 e. The van der Waals surface area contributed by atoms with E-state index in [9.17, 15) is 4.79 Å². The van der Waals surface area contributed by atoms with Crippen molar-refractivity contribution < 1.29 is 9.90 Å². The first kappa shape index (κ1) is 10.4. The lowest BCUT2D eigenvalue weighted by Gasteiger charge is -1.99. The van der Waals surface area contributed by atoms with Gasteiger partial charge in [0.05, 0.1) is 18.1 Å². The van der Waals surface area contributed by atoms with Gasteiger partial charge in [0, 0.05) is 18.8 Å². The molecule has 0 fully saturated rings. The zero-order valence-electron chi connectivity index (χ0n) is 9.08. The van der Waals surface area contributed by atoms with Gasteiger partial charge < -0.3 is 5.11 Å². The lowest BCUT2D eigenvalue weighted by molar-refractivity contribution is -0.137. The summed E-state index contributed by atoms with van der Waals surface area (Å²) >= 11 is 0. The van der Waals surface area contributed by atoms with Crippen molar-refractivity contribution in [2.24, 2.45) is 7.05 Å². The molecule has 0 aliphatic rings. The topological polar surface area (TPSA) is 72.9 Å². The molecular formula is C10H12N4O2. The highest BCUT2D eigenvalue weighted by Crippen LogP contribution is 2.21. The molecule has 0 unspecified atom stereocenters. The normalized spacial score (nSPS) is 10.6. The monoisotopic (exact) mass is 220 g/mol. The van der Waals surface area contributed by atoms with Gasteiger partial charge in [-0.15, -0.1) is 0 Å². The van der Waals surface area contributed by atoms with E-state index in [1.165, 1.54) is 4.68 Å². The maximum Gasteiger partial charge on any atom is 0.325 e. The highest BCUT2D eigenvalue weighted by molar-refractivity contribution is 5.67. The molecule has 16 heavy (non-hydrogen) atoms. The molecule has 1 N–H and O–H groups in total. The summed E-state index contributed by atoms with van der Waals surface area (Å²) in [5.74, 6) is -0.906. The number of carboxylic acids is 1. The van der Waals surface area contributed by atoms with E-state index in [-0.39, 0.29) is 6.54 Å². The van der Waals surface area contributed by atoms with Gasteiger partial charge in [0.2, 0.25) is 0 Å². The molecule has 2 aromatic rings. The lowest BCUT2D eigenvalue weighted by Crippen LogP contribution is -2.08. The fourth-order valence-electron chi connectivity index (χ4n) is 1.67. The Balaban J connectivity index is 2.35. The van der Waals surface area contributed by atoms with Crippen molar-refractivity contribution in [1.82, 2.24) is 19.6 Å². The van der Waals surface area contributed by atoms with E-state index in [1.54, 1.807) is 23.3 Å². The highest BCUT2D eigenvalue weighted by Gasteiger charge is 2.10. The second kappa shape index (κ2) is 3.80. The number of nitrogens with zero attached hydrogens (tertiary/aromatic N) is 4. The molecule has 0 bridgehead atoms. The van der Waals surface area contributed by atoms with Crippen LogP contribution in [-0.4, -0.2) is 30.6 Å². The fraction of sp³-hybridized carbons (Fsp3) is 0.300. The highest BCUT2D eigenvalue weighted by atomic mass is 16.4. The Morgan fingerprint density at radius 3 is 2.75 bits per heavy atom. The Hall–Kier alpha value is -2.11. The minimum Gasteiger partial charge on any atom is -0.480 e. The number of carbonyl (C=O) groups is 1. The zero-order chi connectivity index (χ0) is 11.7. The first-order valence-corrected chi connectivity index (χ1v) is 4.81. The summed E-state index contributed by atoms with van der Waals surface area (Å²) in [5, 5.41) is 16.8. The molecule has 0 spiro atoms. The van der Waals surface area contributed by atoms with Crippen molar-refractivity contribution in [2.45, 2.75) is 13.5 Å². The summed E-state index contributed by atoms with van der Waals surface area (Å²) in [4.78, 5) is 10.5.